The maximum absolute atomic E-state index is 12.4. The second kappa shape index (κ2) is 3.67. The van der Waals surface area contributed by atoms with Gasteiger partial charge in [-0.05, 0) is 20.8 Å². The summed E-state index contributed by atoms with van der Waals surface area (Å²) in [5.74, 6) is -2.00. The van der Waals surface area contributed by atoms with Crippen LogP contribution in [0.5, 0.6) is 0 Å². The Bertz CT molecular complexity index is 233. The van der Waals surface area contributed by atoms with Gasteiger partial charge in [0, 0.05) is 0 Å². The summed E-state index contributed by atoms with van der Waals surface area (Å²) in [5, 5.41) is -4.37. The minimum absolute atomic E-state index is 1.11. The van der Waals surface area contributed by atoms with Gasteiger partial charge in [0.25, 0.3) is 0 Å². The summed E-state index contributed by atoms with van der Waals surface area (Å²) in [6.45, 7) is 4.13. The van der Waals surface area contributed by atoms with E-state index in [0.29, 0.717) is 0 Å². The number of alkyl halides is 2. The zero-order valence-corrected chi connectivity index (χ0v) is 8.15. The Hall–Kier alpha value is -0.560. The van der Waals surface area contributed by atoms with Gasteiger partial charge in [0.2, 0.25) is 11.1 Å². The van der Waals surface area contributed by atoms with Crippen molar-refractivity contribution in [3.8, 4) is 0 Å². The predicted octanol–water partition coefficient (Wildman–Crippen LogP) is 1.14. The van der Waals surface area contributed by atoms with Gasteiger partial charge in [-0.3, -0.25) is 0 Å². The lowest BCUT2D eigenvalue weighted by Gasteiger charge is -2.21. The van der Waals surface area contributed by atoms with Crippen LogP contribution in [0.4, 0.5) is 8.78 Å². The van der Waals surface area contributed by atoms with E-state index in [4.69, 9.17) is 4.55 Å². The molecule has 0 heterocycles. The molecule has 0 fully saturated rings. The summed E-state index contributed by atoms with van der Waals surface area (Å²) in [6, 6.07) is 0. The molecule has 0 saturated carbocycles. The largest absolute Gasteiger partial charge is 0.455 e. The normalized spacial score (nSPS) is 15.2. The summed E-state index contributed by atoms with van der Waals surface area (Å²) in [4.78, 5) is 10.6. The Morgan fingerprint density at radius 1 is 1.38 bits per heavy atom. The summed E-state index contributed by atoms with van der Waals surface area (Å²) < 4.78 is 47.2. The van der Waals surface area contributed by atoms with Crippen molar-refractivity contribution in [2.24, 2.45) is 0 Å². The van der Waals surface area contributed by atoms with Gasteiger partial charge in [0.05, 0.1) is 0 Å². The molecule has 78 valence electrons. The van der Waals surface area contributed by atoms with Gasteiger partial charge in [-0.15, -0.1) is 0 Å². The Kier molecular flexibility index (Phi) is 3.51. The Balaban J connectivity index is 4.53. The Labute approximate surface area is 76.5 Å². The smallest absolute Gasteiger partial charge is 0.439 e. The molecular weight excluding hydrogens is 206 g/mol. The van der Waals surface area contributed by atoms with Gasteiger partial charge in [-0.25, -0.2) is 9.00 Å². The standard InChI is InChI=1S/C6H10F2O4S/c1-5(2,3)12-4(9)6(7,8)13(10)11/h1-3H3,(H,10,11). The molecular formula is C6H10F2O4S. The molecule has 0 radical (unpaired) electrons. The number of esters is 1. The van der Waals surface area contributed by atoms with E-state index in [1.165, 1.54) is 20.8 Å². The topological polar surface area (TPSA) is 63.6 Å². The number of ether oxygens (including phenoxy) is 1. The van der Waals surface area contributed by atoms with E-state index in [1.54, 1.807) is 0 Å². The molecule has 0 aromatic carbocycles. The van der Waals surface area contributed by atoms with Crippen LogP contribution in [0.25, 0.3) is 0 Å². The van der Waals surface area contributed by atoms with E-state index in [0.717, 1.165) is 0 Å². The van der Waals surface area contributed by atoms with E-state index in [9.17, 15) is 17.8 Å². The number of carbonyl (C=O) groups is 1. The van der Waals surface area contributed by atoms with Gasteiger partial charge >= 0.3 is 11.2 Å². The quantitative estimate of drug-likeness (QED) is 0.555. The minimum Gasteiger partial charge on any atom is -0.455 e. The van der Waals surface area contributed by atoms with Crippen LogP contribution in [-0.2, 0) is 20.6 Å². The van der Waals surface area contributed by atoms with Crippen molar-refractivity contribution in [1.29, 1.82) is 0 Å². The molecule has 0 aromatic heterocycles. The number of rotatable bonds is 2. The third-order valence-electron chi connectivity index (χ3n) is 0.856. The zero-order valence-electron chi connectivity index (χ0n) is 7.34. The number of carbonyl (C=O) groups excluding carboxylic acids is 1. The van der Waals surface area contributed by atoms with Crippen LogP contribution >= 0.6 is 0 Å². The third kappa shape index (κ3) is 3.77. The fourth-order valence-corrected chi connectivity index (χ4v) is 0.593. The molecule has 13 heavy (non-hydrogen) atoms. The summed E-state index contributed by atoms with van der Waals surface area (Å²) in [7, 11) is 0. The Morgan fingerprint density at radius 2 is 1.77 bits per heavy atom. The number of hydrogen-bond donors (Lipinski definition) is 1. The highest BCUT2D eigenvalue weighted by Crippen LogP contribution is 2.22. The van der Waals surface area contributed by atoms with Crippen LogP contribution in [0.15, 0.2) is 0 Å². The molecule has 0 saturated heterocycles. The van der Waals surface area contributed by atoms with E-state index in [-0.39, 0.29) is 0 Å². The van der Waals surface area contributed by atoms with Crippen molar-refractivity contribution in [2.45, 2.75) is 31.6 Å². The van der Waals surface area contributed by atoms with E-state index in [1.807, 2.05) is 0 Å². The van der Waals surface area contributed by atoms with Crippen molar-refractivity contribution < 1.29 is 27.1 Å². The highest BCUT2D eigenvalue weighted by Gasteiger charge is 2.49. The molecule has 4 nitrogen and oxygen atoms in total. The van der Waals surface area contributed by atoms with Crippen molar-refractivity contribution >= 4 is 17.0 Å². The molecule has 1 unspecified atom stereocenters. The average molecular weight is 216 g/mol. The molecule has 0 aliphatic carbocycles. The molecule has 0 bridgehead atoms. The number of hydrogen-bond acceptors (Lipinski definition) is 3. The van der Waals surface area contributed by atoms with Crippen LogP contribution in [0.1, 0.15) is 20.8 Å². The van der Waals surface area contributed by atoms with Gasteiger partial charge < -0.3 is 9.29 Å². The van der Waals surface area contributed by atoms with E-state index >= 15 is 0 Å². The van der Waals surface area contributed by atoms with Crippen LogP contribution in [-0.4, -0.2) is 25.6 Å². The lowest BCUT2D eigenvalue weighted by Crippen LogP contribution is -2.39. The highest BCUT2D eigenvalue weighted by molar-refractivity contribution is 7.81. The maximum atomic E-state index is 12.4. The lowest BCUT2D eigenvalue weighted by atomic mass is 10.2. The maximum Gasteiger partial charge on any atom is 0.439 e. The third-order valence-corrected chi connectivity index (χ3v) is 1.46. The minimum atomic E-state index is -4.37. The first-order valence-electron chi connectivity index (χ1n) is 3.29. The number of halogens is 2. The first-order valence-corrected chi connectivity index (χ1v) is 4.40. The molecule has 0 spiro atoms. The molecule has 0 amide bonds. The second-order valence-electron chi connectivity index (χ2n) is 3.27. The second-order valence-corrected chi connectivity index (χ2v) is 4.28. The highest BCUT2D eigenvalue weighted by atomic mass is 32.2. The van der Waals surface area contributed by atoms with Crippen molar-refractivity contribution in [3.63, 3.8) is 0 Å². The zero-order chi connectivity index (χ0) is 10.9. The molecule has 1 atom stereocenters. The lowest BCUT2D eigenvalue weighted by molar-refractivity contribution is -0.172. The summed E-state index contributed by atoms with van der Waals surface area (Å²) >= 11 is -3.55. The molecule has 0 aliphatic heterocycles. The first kappa shape index (κ1) is 12.4. The Morgan fingerprint density at radius 3 is 2.00 bits per heavy atom. The van der Waals surface area contributed by atoms with Crippen LogP contribution in [0, 0.1) is 0 Å². The van der Waals surface area contributed by atoms with Gasteiger partial charge in [-0.2, -0.15) is 8.78 Å². The summed E-state index contributed by atoms with van der Waals surface area (Å²) in [5.41, 5.74) is -1.11. The monoisotopic (exact) mass is 216 g/mol. The van der Waals surface area contributed by atoms with Crippen molar-refractivity contribution in [3.05, 3.63) is 0 Å². The SMILES string of the molecule is CC(C)(C)OC(=O)C(F)(F)S(=O)O. The van der Waals surface area contributed by atoms with Crippen molar-refractivity contribution in [2.75, 3.05) is 0 Å². The fourth-order valence-electron chi connectivity index (χ4n) is 0.409. The van der Waals surface area contributed by atoms with Gasteiger partial charge in [-0.1, -0.05) is 0 Å². The van der Waals surface area contributed by atoms with Crippen LogP contribution < -0.4 is 0 Å². The molecule has 7 heteroatoms. The van der Waals surface area contributed by atoms with E-state index < -0.39 is 27.9 Å². The van der Waals surface area contributed by atoms with Gasteiger partial charge in [0.15, 0.2) is 0 Å². The molecule has 1 N–H and O–H groups in total. The first-order chi connectivity index (χ1) is 5.57. The van der Waals surface area contributed by atoms with Crippen LogP contribution in [0.2, 0.25) is 0 Å². The predicted molar refractivity (Wildman–Crippen MR) is 41.6 cm³/mol. The van der Waals surface area contributed by atoms with E-state index in [2.05, 4.69) is 4.74 Å². The van der Waals surface area contributed by atoms with Crippen molar-refractivity contribution in [1.82, 2.24) is 0 Å². The molecule has 0 aliphatic rings. The molecule has 0 rings (SSSR count). The van der Waals surface area contributed by atoms with Gasteiger partial charge in [0.1, 0.15) is 5.60 Å². The summed E-state index contributed by atoms with van der Waals surface area (Å²) in [6.07, 6.45) is 0. The van der Waals surface area contributed by atoms with Crippen LogP contribution in [0.3, 0.4) is 0 Å². The fraction of sp³-hybridized carbons (Fsp3) is 0.833. The average Bonchev–Trinajstić information content (AvgIpc) is 1.82. The molecule has 0 aromatic rings.